The van der Waals surface area contributed by atoms with E-state index in [1.54, 1.807) is 50.8 Å². The Kier molecular flexibility index (Phi) is 47.9. The number of thioether (sulfide) groups is 1. The Balaban J connectivity index is 1.53. The molecule has 17 atom stereocenters. The molecule has 46 heteroatoms. The number of carboxylic acids is 3. The van der Waals surface area contributed by atoms with E-state index in [0.29, 0.717) is 56.4 Å². The van der Waals surface area contributed by atoms with Gasteiger partial charge in [-0.05, 0) is 112 Å². The largest absolute Gasteiger partial charge is 0.508 e. The van der Waals surface area contributed by atoms with E-state index >= 15 is 0 Å². The maximum atomic E-state index is 14.7. The van der Waals surface area contributed by atoms with Crippen LogP contribution in [0.25, 0.3) is 0 Å². The molecule has 3 aromatic carbocycles. The Morgan fingerprint density at radius 1 is 0.443 bits per heavy atom. The number of aliphatic hydroxyl groups is 4. The van der Waals surface area contributed by atoms with Gasteiger partial charge in [0.25, 0.3) is 0 Å². The van der Waals surface area contributed by atoms with Crippen LogP contribution in [0.5, 0.6) is 11.5 Å². The second kappa shape index (κ2) is 56.7. The van der Waals surface area contributed by atoms with Crippen molar-refractivity contribution in [1.29, 1.82) is 0 Å². The quantitative estimate of drug-likeness (QED) is 0.0234. The summed E-state index contributed by atoms with van der Waals surface area (Å²) < 4.78 is 0. The monoisotopic (exact) mass is 1860 g/mol. The van der Waals surface area contributed by atoms with Gasteiger partial charge in [-0.3, -0.25) is 91.1 Å². The van der Waals surface area contributed by atoms with Crippen molar-refractivity contribution in [3.8, 4) is 11.5 Å². The van der Waals surface area contributed by atoms with Crippen LogP contribution in [0.2, 0.25) is 0 Å². The lowest BCUT2D eigenvalue weighted by molar-refractivity contribution is -0.142. The molecule has 1 saturated heterocycles. The van der Waals surface area contributed by atoms with E-state index in [-0.39, 0.29) is 72.1 Å². The van der Waals surface area contributed by atoms with Gasteiger partial charge in [-0.25, -0.2) is 0 Å². The van der Waals surface area contributed by atoms with Crippen LogP contribution < -0.4 is 85.5 Å². The molecule has 0 aliphatic carbocycles. The van der Waals surface area contributed by atoms with Gasteiger partial charge in [0, 0.05) is 57.8 Å². The molecule has 1 heterocycles. The zero-order chi connectivity index (χ0) is 97.9. The van der Waals surface area contributed by atoms with Crippen LogP contribution in [0.15, 0.2) is 78.9 Å². The second-order valence-corrected chi connectivity index (χ2v) is 33.4. The molecule has 1 fully saturated rings. The number of hydrogen-bond donors (Lipinski definition) is 25. The molecule has 0 spiro atoms. The molecule has 0 unspecified atom stereocenters. The van der Waals surface area contributed by atoms with Gasteiger partial charge in [0.15, 0.2) is 0 Å². The number of aliphatic carboxylic acids is 3. The topological polar surface area (TPSA) is 716 Å². The van der Waals surface area contributed by atoms with E-state index in [1.165, 1.54) is 67.6 Å². The number of nitrogens with zero attached hydrogens (tertiary/aromatic N) is 1. The first kappa shape index (κ1) is 111. The summed E-state index contributed by atoms with van der Waals surface area (Å²) in [4.78, 5) is 259. The van der Waals surface area contributed by atoms with Gasteiger partial charge in [0.1, 0.15) is 84.0 Å². The van der Waals surface area contributed by atoms with E-state index in [2.05, 4.69) is 79.8 Å². The fourth-order valence-electron chi connectivity index (χ4n) is 13.3. The molecular formula is C85H125N17O28S. The van der Waals surface area contributed by atoms with Gasteiger partial charge in [-0.15, -0.1) is 11.8 Å². The van der Waals surface area contributed by atoms with Crippen molar-refractivity contribution in [1.82, 2.24) is 84.7 Å². The number of carbonyl (C=O) groups excluding carboxylic acids is 16. The first-order valence-corrected chi connectivity index (χ1v) is 43.9. The Labute approximate surface area is 760 Å². The number of phenols is 2. The fourth-order valence-corrected chi connectivity index (χ4v) is 14.0. The van der Waals surface area contributed by atoms with Crippen LogP contribution >= 0.6 is 11.8 Å². The number of nitrogens with one attached hydrogen (secondary N) is 15. The number of unbranched alkanes of at least 4 members (excludes halogenated alkanes) is 1. The summed E-state index contributed by atoms with van der Waals surface area (Å²) in [7, 11) is 0. The normalized spacial score (nSPS) is 16.0. The Morgan fingerprint density at radius 2 is 0.855 bits per heavy atom. The van der Waals surface area contributed by atoms with Crippen molar-refractivity contribution in [2.75, 3.05) is 57.4 Å². The number of aliphatic hydroxyl groups excluding tert-OH is 4. The number of aromatic hydroxyl groups is 2. The summed E-state index contributed by atoms with van der Waals surface area (Å²) in [5, 5.41) is 128. The van der Waals surface area contributed by atoms with Crippen molar-refractivity contribution in [2.45, 2.75) is 230 Å². The number of likely N-dealkylation sites (tertiary alicyclic amines) is 1. The van der Waals surface area contributed by atoms with Gasteiger partial charge in [0.2, 0.25) is 94.5 Å². The summed E-state index contributed by atoms with van der Waals surface area (Å²) in [6, 6.07) is -4.23. The van der Waals surface area contributed by atoms with Gasteiger partial charge < -0.3 is 136 Å². The zero-order valence-corrected chi connectivity index (χ0v) is 75.0. The number of carbonyl (C=O) groups is 19. The van der Waals surface area contributed by atoms with Gasteiger partial charge >= 0.3 is 17.9 Å². The molecule has 0 bridgehead atoms. The van der Waals surface area contributed by atoms with Crippen LogP contribution in [0.3, 0.4) is 0 Å². The molecule has 0 radical (unpaired) electrons. The molecule has 26 N–H and O–H groups in total. The molecule has 1 aliphatic rings. The number of rotatable bonds is 59. The molecule has 3 aromatic rings. The van der Waals surface area contributed by atoms with E-state index in [4.69, 9.17) is 5.73 Å². The highest BCUT2D eigenvalue weighted by atomic mass is 32.2. The van der Waals surface area contributed by atoms with E-state index in [1.807, 2.05) is 6.92 Å². The Hall–Kier alpha value is -12.7. The molecule has 16 amide bonds. The minimum atomic E-state index is -2.23. The minimum absolute atomic E-state index is 0.0336. The number of nitrogens with two attached hydrogens (primary N) is 1. The number of hydrogen-bond acceptors (Lipinski definition) is 27. The molecule has 0 aromatic heterocycles. The molecule has 724 valence electrons. The summed E-state index contributed by atoms with van der Waals surface area (Å²) >= 11 is 0.862. The number of benzene rings is 3. The van der Waals surface area contributed by atoms with Crippen LogP contribution in [0.4, 0.5) is 0 Å². The zero-order valence-electron chi connectivity index (χ0n) is 74.2. The van der Waals surface area contributed by atoms with E-state index < -0.39 is 261 Å². The highest BCUT2D eigenvalue weighted by Gasteiger charge is 2.41. The summed E-state index contributed by atoms with van der Waals surface area (Å²) in [6.45, 7) is 10.1. The molecular weight excluding hydrogens is 1740 g/mol. The SMILES string of the molecule is CC[C@H](C)[C@H](NC(=O)[C@H](CO)NC(=O)[C@H](Cc1ccc(O)cc1)NC(=O)[C@H](CC(=O)O)NC(=O)[C@H](CO)NC(=O)[C@@H](NC(=O)[C@H](Cc1ccccc1)NC(=O)[C@@H](NC(=O)CNC(=O)[C@H](CCC(=O)O)NC(=O)CSCC(=O)NCCN1C[C@H](C)CC1=O)[C@@H](C)O)[C@@H](C)O)C(=O)N[C@@H](Cc1ccc(O)cc1)C(=O)N[C@@H](CC(C)C)C(=O)N[C@@H](CC(=O)O)C(=O)N[C@H](C)CCCCN. The third kappa shape index (κ3) is 40.5. The van der Waals surface area contributed by atoms with E-state index in [0.717, 1.165) is 25.6 Å². The van der Waals surface area contributed by atoms with Crippen molar-refractivity contribution in [3.05, 3.63) is 95.6 Å². The predicted molar refractivity (Wildman–Crippen MR) is 469 cm³/mol. The molecule has 131 heavy (non-hydrogen) atoms. The average Bonchev–Trinajstić information content (AvgIpc) is 1.67. The van der Waals surface area contributed by atoms with Crippen LogP contribution in [-0.2, 0) is 110 Å². The van der Waals surface area contributed by atoms with E-state index in [9.17, 15) is 137 Å². The van der Waals surface area contributed by atoms with Crippen LogP contribution in [0.1, 0.15) is 136 Å². The molecule has 0 saturated carbocycles. The lowest BCUT2D eigenvalue weighted by Crippen LogP contribution is -2.63. The van der Waals surface area contributed by atoms with Crippen molar-refractivity contribution < 1.29 is 137 Å². The number of phenolic OH excluding ortho intramolecular Hbond substituents is 2. The Morgan fingerprint density at radius 3 is 1.32 bits per heavy atom. The standard InChI is InChI=1S/C85H125N17O28S/c1-9-46(5)71(83(128)95-58(35-52-20-24-54(108)25-21-52)77(122)91-56(31-44(2)3)76(121)93-60(36-69(115)116)75(120)89-47(6)15-13-14-28-86)100-82(127)63(41-104)97-78(123)57(34-51-18-22-53(107)23-19-51)92-79(124)61(37-70(117)118)94-81(126)62(40-103)98-85(130)73(49(8)106)101-80(125)59(33-50-16-11-10-12-17-50)96-84(129)72(48(7)105)99-64(109)38-88-74(119)55(26-27-68(113)114)90-66(111)43-131-42-65(110)87-29-30-102-39-45(4)32-67(102)112/h10-12,16-25,44-49,55-63,71-73,103-108H,9,13-15,26-43,86H2,1-8H3,(H,87,110)(H,88,119)(H,89,120)(H,90,111)(H,91,122)(H,92,124)(H,93,121)(H,94,126)(H,95,128)(H,96,129)(H,97,123)(H,98,130)(H,99,109)(H,100,127)(H,101,125)(H,113,114)(H,115,116)(H,117,118)/t45-,46+,47-,48-,49-,55+,56+,57+,58+,59+,60+,61+,62+,63+,71+,72+,73+/m1/s1. The number of amides is 16. The molecule has 45 nitrogen and oxygen atoms in total. The molecule has 4 rings (SSSR count). The fraction of sp³-hybridized carbons (Fsp3) is 0.565. The number of carboxylic acid groups (broad SMARTS) is 3. The summed E-state index contributed by atoms with van der Waals surface area (Å²) in [6.07, 6.45) is -5.94. The Bertz CT molecular complexity index is 4380. The molecule has 1 aliphatic heterocycles. The maximum Gasteiger partial charge on any atom is 0.305 e. The van der Waals surface area contributed by atoms with Crippen LogP contribution in [-0.4, -0.2) is 311 Å². The lowest BCUT2D eigenvalue weighted by Gasteiger charge is -2.30. The highest BCUT2D eigenvalue weighted by Crippen LogP contribution is 2.20. The predicted octanol–water partition coefficient (Wildman–Crippen LogP) is -5.94. The van der Waals surface area contributed by atoms with Gasteiger partial charge in [-0.2, -0.15) is 0 Å². The van der Waals surface area contributed by atoms with Crippen molar-refractivity contribution >= 4 is 124 Å². The highest BCUT2D eigenvalue weighted by molar-refractivity contribution is 8.00. The van der Waals surface area contributed by atoms with Gasteiger partial charge in [-0.1, -0.05) is 102 Å². The smallest absolute Gasteiger partial charge is 0.305 e. The van der Waals surface area contributed by atoms with Crippen molar-refractivity contribution in [3.63, 3.8) is 0 Å². The van der Waals surface area contributed by atoms with Gasteiger partial charge in [0.05, 0.1) is 56.3 Å². The second-order valence-electron chi connectivity index (χ2n) is 32.5. The maximum absolute atomic E-state index is 14.7. The van der Waals surface area contributed by atoms with Crippen molar-refractivity contribution in [2.24, 2.45) is 23.5 Å². The van der Waals surface area contributed by atoms with Crippen LogP contribution in [0, 0.1) is 17.8 Å². The summed E-state index contributed by atoms with van der Waals surface area (Å²) in [5.74, 6) is -23.2. The lowest BCUT2D eigenvalue weighted by atomic mass is 9.96. The first-order chi connectivity index (χ1) is 61.8. The minimum Gasteiger partial charge on any atom is -0.508 e. The first-order valence-electron chi connectivity index (χ1n) is 42.7. The average molecular weight is 1870 g/mol. The summed E-state index contributed by atoms with van der Waals surface area (Å²) in [5.41, 5.74) is 6.50. The third-order valence-corrected chi connectivity index (χ3v) is 21.6. The third-order valence-electron chi connectivity index (χ3n) is 20.6.